The zero-order valence-electron chi connectivity index (χ0n) is 8.05. The molecule has 0 aromatic carbocycles. The van der Waals surface area contributed by atoms with Crippen LogP contribution in [-0.4, -0.2) is 11.8 Å². The van der Waals surface area contributed by atoms with Gasteiger partial charge in [0.15, 0.2) is 5.78 Å². The lowest BCUT2D eigenvalue weighted by Gasteiger charge is -2.19. The van der Waals surface area contributed by atoms with Crippen molar-refractivity contribution in [3.05, 3.63) is 0 Å². The zero-order chi connectivity index (χ0) is 9.14. The van der Waals surface area contributed by atoms with Gasteiger partial charge in [-0.05, 0) is 18.8 Å². The smallest absolute Gasteiger partial charge is 0.152 e. The molecule has 0 radical (unpaired) electrons. The standard InChI is InChI=1S/C10H19NO/c1-7(2)10(12)9(11)8-5-3-4-6-8/h7-9H,3-6,11H2,1-2H3. The molecule has 0 heterocycles. The molecular formula is C10H19NO. The van der Waals surface area contributed by atoms with E-state index >= 15 is 0 Å². The van der Waals surface area contributed by atoms with Gasteiger partial charge < -0.3 is 5.73 Å². The summed E-state index contributed by atoms with van der Waals surface area (Å²) in [6, 6.07) is -0.188. The summed E-state index contributed by atoms with van der Waals surface area (Å²) in [7, 11) is 0. The van der Waals surface area contributed by atoms with E-state index in [1.54, 1.807) is 0 Å². The van der Waals surface area contributed by atoms with Crippen molar-refractivity contribution in [1.82, 2.24) is 0 Å². The third-order valence-corrected chi connectivity index (χ3v) is 2.81. The molecule has 1 atom stereocenters. The largest absolute Gasteiger partial charge is 0.321 e. The average Bonchev–Trinajstić information content (AvgIpc) is 2.53. The zero-order valence-corrected chi connectivity index (χ0v) is 8.05. The summed E-state index contributed by atoms with van der Waals surface area (Å²) in [6.45, 7) is 3.86. The number of carbonyl (C=O) groups excluding carboxylic acids is 1. The molecule has 2 nitrogen and oxygen atoms in total. The Morgan fingerprint density at radius 1 is 1.33 bits per heavy atom. The van der Waals surface area contributed by atoms with Crippen LogP contribution in [0.3, 0.4) is 0 Å². The summed E-state index contributed by atoms with van der Waals surface area (Å²) in [4.78, 5) is 11.5. The highest BCUT2D eigenvalue weighted by Crippen LogP contribution is 2.27. The van der Waals surface area contributed by atoms with Crippen LogP contribution in [-0.2, 0) is 4.79 Å². The molecule has 0 aliphatic heterocycles. The molecule has 2 heteroatoms. The Kier molecular flexibility index (Phi) is 3.27. The highest BCUT2D eigenvalue weighted by molar-refractivity contribution is 5.85. The van der Waals surface area contributed by atoms with Crippen LogP contribution in [0.15, 0.2) is 0 Å². The van der Waals surface area contributed by atoms with Gasteiger partial charge in [0.2, 0.25) is 0 Å². The van der Waals surface area contributed by atoms with Crippen molar-refractivity contribution >= 4 is 5.78 Å². The van der Waals surface area contributed by atoms with Gasteiger partial charge in [-0.1, -0.05) is 26.7 Å². The van der Waals surface area contributed by atoms with E-state index in [0.717, 1.165) is 12.8 Å². The molecule has 70 valence electrons. The molecule has 0 aromatic heterocycles. The molecule has 0 saturated heterocycles. The average molecular weight is 169 g/mol. The van der Waals surface area contributed by atoms with E-state index in [1.165, 1.54) is 12.8 Å². The van der Waals surface area contributed by atoms with Crippen LogP contribution in [0.5, 0.6) is 0 Å². The van der Waals surface area contributed by atoms with Crippen molar-refractivity contribution < 1.29 is 4.79 Å². The van der Waals surface area contributed by atoms with Crippen molar-refractivity contribution in [2.45, 2.75) is 45.6 Å². The van der Waals surface area contributed by atoms with Gasteiger partial charge in [-0.3, -0.25) is 4.79 Å². The van der Waals surface area contributed by atoms with Gasteiger partial charge in [0, 0.05) is 5.92 Å². The quantitative estimate of drug-likeness (QED) is 0.699. The van der Waals surface area contributed by atoms with E-state index in [0.29, 0.717) is 5.92 Å². The summed E-state index contributed by atoms with van der Waals surface area (Å²) < 4.78 is 0. The molecule has 12 heavy (non-hydrogen) atoms. The van der Waals surface area contributed by atoms with E-state index in [1.807, 2.05) is 13.8 Å². The first kappa shape index (κ1) is 9.72. The normalized spacial score (nSPS) is 21.7. The number of hydrogen-bond acceptors (Lipinski definition) is 2. The number of rotatable bonds is 3. The Labute approximate surface area is 74.5 Å². The topological polar surface area (TPSA) is 43.1 Å². The Morgan fingerprint density at radius 3 is 2.25 bits per heavy atom. The van der Waals surface area contributed by atoms with E-state index in [9.17, 15) is 4.79 Å². The van der Waals surface area contributed by atoms with E-state index in [-0.39, 0.29) is 17.7 Å². The summed E-state index contributed by atoms with van der Waals surface area (Å²) in [5, 5.41) is 0. The fourth-order valence-corrected chi connectivity index (χ4v) is 1.93. The highest BCUT2D eigenvalue weighted by Gasteiger charge is 2.28. The van der Waals surface area contributed by atoms with Crippen LogP contribution in [0.4, 0.5) is 0 Å². The molecule has 1 rings (SSSR count). The predicted octanol–water partition coefficient (Wildman–Crippen LogP) is 1.73. The summed E-state index contributed by atoms with van der Waals surface area (Å²) >= 11 is 0. The number of Topliss-reactive ketones (excluding diaryl/α,β-unsaturated/α-hetero) is 1. The van der Waals surface area contributed by atoms with E-state index < -0.39 is 0 Å². The molecule has 0 bridgehead atoms. The van der Waals surface area contributed by atoms with Gasteiger partial charge in [-0.15, -0.1) is 0 Å². The highest BCUT2D eigenvalue weighted by atomic mass is 16.1. The lowest BCUT2D eigenvalue weighted by atomic mass is 9.90. The van der Waals surface area contributed by atoms with Crippen molar-refractivity contribution in [2.24, 2.45) is 17.6 Å². The molecular weight excluding hydrogens is 150 g/mol. The number of hydrogen-bond donors (Lipinski definition) is 1. The Balaban J connectivity index is 2.45. The lowest BCUT2D eigenvalue weighted by Crippen LogP contribution is -2.39. The number of nitrogens with two attached hydrogens (primary N) is 1. The summed E-state index contributed by atoms with van der Waals surface area (Å²) in [6.07, 6.45) is 4.81. The van der Waals surface area contributed by atoms with Crippen LogP contribution in [0, 0.1) is 11.8 Å². The monoisotopic (exact) mass is 169 g/mol. The number of carbonyl (C=O) groups is 1. The van der Waals surface area contributed by atoms with Crippen LogP contribution in [0.2, 0.25) is 0 Å². The maximum Gasteiger partial charge on any atom is 0.152 e. The minimum Gasteiger partial charge on any atom is -0.321 e. The van der Waals surface area contributed by atoms with E-state index in [4.69, 9.17) is 5.73 Å². The molecule has 1 saturated carbocycles. The maximum atomic E-state index is 11.5. The first-order valence-corrected chi connectivity index (χ1v) is 4.92. The van der Waals surface area contributed by atoms with E-state index in [2.05, 4.69) is 0 Å². The van der Waals surface area contributed by atoms with Crippen LogP contribution in [0.25, 0.3) is 0 Å². The second-order valence-electron chi connectivity index (χ2n) is 4.13. The second kappa shape index (κ2) is 4.04. The van der Waals surface area contributed by atoms with Crippen molar-refractivity contribution in [3.8, 4) is 0 Å². The third kappa shape index (κ3) is 2.07. The van der Waals surface area contributed by atoms with Crippen LogP contribution in [0.1, 0.15) is 39.5 Å². The van der Waals surface area contributed by atoms with Gasteiger partial charge in [0.25, 0.3) is 0 Å². The molecule has 0 aromatic rings. The summed E-state index contributed by atoms with van der Waals surface area (Å²) in [5.41, 5.74) is 5.87. The SMILES string of the molecule is CC(C)C(=O)C(N)C1CCCC1. The number of ketones is 1. The minimum absolute atomic E-state index is 0.0978. The molecule has 1 aliphatic carbocycles. The predicted molar refractivity (Wildman–Crippen MR) is 49.8 cm³/mol. The Bertz CT molecular complexity index is 159. The van der Waals surface area contributed by atoms with Gasteiger partial charge in [0.05, 0.1) is 6.04 Å². The molecule has 2 N–H and O–H groups in total. The third-order valence-electron chi connectivity index (χ3n) is 2.81. The van der Waals surface area contributed by atoms with Crippen molar-refractivity contribution in [2.75, 3.05) is 0 Å². The van der Waals surface area contributed by atoms with Gasteiger partial charge in [0.1, 0.15) is 0 Å². The molecule has 1 fully saturated rings. The van der Waals surface area contributed by atoms with Gasteiger partial charge in [-0.25, -0.2) is 0 Å². The minimum atomic E-state index is -0.188. The first-order chi connectivity index (χ1) is 5.63. The fraction of sp³-hybridized carbons (Fsp3) is 0.900. The van der Waals surface area contributed by atoms with Crippen LogP contribution < -0.4 is 5.73 Å². The Hall–Kier alpha value is -0.370. The summed E-state index contributed by atoms with van der Waals surface area (Å²) in [5.74, 6) is 0.808. The van der Waals surface area contributed by atoms with Crippen LogP contribution >= 0.6 is 0 Å². The molecule has 0 amide bonds. The second-order valence-corrected chi connectivity index (χ2v) is 4.13. The maximum absolute atomic E-state index is 11.5. The molecule has 1 unspecified atom stereocenters. The lowest BCUT2D eigenvalue weighted by molar-refractivity contribution is -0.124. The van der Waals surface area contributed by atoms with Crippen molar-refractivity contribution in [1.29, 1.82) is 0 Å². The molecule has 0 spiro atoms. The fourth-order valence-electron chi connectivity index (χ4n) is 1.93. The van der Waals surface area contributed by atoms with Gasteiger partial charge >= 0.3 is 0 Å². The molecule has 1 aliphatic rings. The van der Waals surface area contributed by atoms with Gasteiger partial charge in [-0.2, -0.15) is 0 Å². The Morgan fingerprint density at radius 2 is 1.83 bits per heavy atom. The first-order valence-electron chi connectivity index (χ1n) is 4.92. The van der Waals surface area contributed by atoms with Crippen molar-refractivity contribution in [3.63, 3.8) is 0 Å².